The third-order valence-electron chi connectivity index (χ3n) is 3.48. The summed E-state index contributed by atoms with van der Waals surface area (Å²) in [6.45, 7) is 5.53. The first-order valence-corrected chi connectivity index (χ1v) is 8.36. The van der Waals surface area contributed by atoms with E-state index in [1.165, 1.54) is 6.92 Å². The Labute approximate surface area is 139 Å². The number of carbonyl (C=O) groups is 1. The standard InChI is InChI=1S/C18H29NO4/c1-3-22-18-11-7-6-9-16(18)13-19-14-17(23-15(2)21)10-5-4-8-12-20/h6-7,9,11,17,19-20H,3-5,8,10,12-14H2,1-2H3. The van der Waals surface area contributed by atoms with Gasteiger partial charge in [0.25, 0.3) is 0 Å². The smallest absolute Gasteiger partial charge is 0.302 e. The molecule has 0 saturated heterocycles. The van der Waals surface area contributed by atoms with Crippen molar-refractivity contribution in [2.75, 3.05) is 19.8 Å². The molecule has 0 saturated carbocycles. The number of unbranched alkanes of at least 4 members (excludes halogenated alkanes) is 2. The van der Waals surface area contributed by atoms with E-state index in [1.807, 2.05) is 31.2 Å². The van der Waals surface area contributed by atoms with E-state index in [9.17, 15) is 4.79 Å². The number of hydrogen-bond acceptors (Lipinski definition) is 5. The SMILES string of the molecule is CCOc1ccccc1CNCC(CCCCCO)OC(C)=O. The lowest BCUT2D eigenvalue weighted by Crippen LogP contribution is -2.30. The Morgan fingerprint density at radius 2 is 2.04 bits per heavy atom. The van der Waals surface area contributed by atoms with Crippen molar-refractivity contribution in [1.82, 2.24) is 5.32 Å². The van der Waals surface area contributed by atoms with E-state index in [2.05, 4.69) is 5.32 Å². The van der Waals surface area contributed by atoms with Crippen molar-refractivity contribution < 1.29 is 19.4 Å². The Bertz CT molecular complexity index is 450. The predicted octanol–water partition coefficient (Wildman–Crippen LogP) is 2.66. The topological polar surface area (TPSA) is 67.8 Å². The lowest BCUT2D eigenvalue weighted by Gasteiger charge is -2.18. The maximum absolute atomic E-state index is 11.2. The van der Waals surface area contributed by atoms with Crippen molar-refractivity contribution in [3.05, 3.63) is 29.8 Å². The molecule has 0 heterocycles. The van der Waals surface area contributed by atoms with Gasteiger partial charge in [0.2, 0.25) is 0 Å². The van der Waals surface area contributed by atoms with Crippen LogP contribution in [0, 0.1) is 0 Å². The zero-order chi connectivity index (χ0) is 16.9. The Hall–Kier alpha value is -1.59. The second-order valence-electron chi connectivity index (χ2n) is 5.48. The molecule has 1 unspecified atom stereocenters. The van der Waals surface area contributed by atoms with Crippen LogP contribution in [0.3, 0.4) is 0 Å². The summed E-state index contributed by atoms with van der Waals surface area (Å²) in [6.07, 6.45) is 3.35. The second kappa shape index (κ2) is 11.9. The largest absolute Gasteiger partial charge is 0.494 e. The van der Waals surface area contributed by atoms with Crippen LogP contribution in [0.15, 0.2) is 24.3 Å². The van der Waals surface area contributed by atoms with Crippen LogP contribution in [0.25, 0.3) is 0 Å². The maximum atomic E-state index is 11.2. The Kier molecular flexibility index (Phi) is 10.1. The van der Waals surface area contributed by atoms with Gasteiger partial charge in [-0.1, -0.05) is 24.6 Å². The van der Waals surface area contributed by atoms with Crippen molar-refractivity contribution in [3.8, 4) is 5.75 Å². The highest BCUT2D eigenvalue weighted by Crippen LogP contribution is 2.17. The first-order chi connectivity index (χ1) is 11.2. The van der Waals surface area contributed by atoms with Gasteiger partial charge in [0, 0.05) is 32.2 Å². The van der Waals surface area contributed by atoms with Crippen LogP contribution in [0.4, 0.5) is 0 Å². The van der Waals surface area contributed by atoms with Gasteiger partial charge in [-0.3, -0.25) is 4.79 Å². The maximum Gasteiger partial charge on any atom is 0.302 e. The van der Waals surface area contributed by atoms with Gasteiger partial charge in [-0.15, -0.1) is 0 Å². The van der Waals surface area contributed by atoms with Crippen LogP contribution in [0.1, 0.15) is 45.1 Å². The van der Waals surface area contributed by atoms with Crippen molar-refractivity contribution >= 4 is 5.97 Å². The molecule has 1 aromatic rings. The number of rotatable bonds is 12. The van der Waals surface area contributed by atoms with Crippen LogP contribution in [-0.2, 0) is 16.1 Å². The van der Waals surface area contributed by atoms with Crippen LogP contribution in [0.2, 0.25) is 0 Å². The fourth-order valence-electron chi connectivity index (χ4n) is 2.41. The molecule has 0 bridgehead atoms. The number of carbonyl (C=O) groups excluding carboxylic acids is 1. The number of nitrogens with one attached hydrogen (secondary N) is 1. The van der Waals surface area contributed by atoms with E-state index < -0.39 is 0 Å². The van der Waals surface area contributed by atoms with Crippen LogP contribution in [-0.4, -0.2) is 36.9 Å². The Balaban J connectivity index is 2.43. The predicted molar refractivity (Wildman–Crippen MR) is 90.4 cm³/mol. The number of aliphatic hydroxyl groups excluding tert-OH is 1. The van der Waals surface area contributed by atoms with Crippen LogP contribution >= 0.6 is 0 Å². The van der Waals surface area contributed by atoms with E-state index in [-0.39, 0.29) is 18.7 Å². The highest BCUT2D eigenvalue weighted by atomic mass is 16.5. The van der Waals surface area contributed by atoms with Crippen molar-refractivity contribution in [2.45, 2.75) is 52.2 Å². The minimum atomic E-state index is -0.256. The summed E-state index contributed by atoms with van der Waals surface area (Å²) in [5.41, 5.74) is 1.09. The number of esters is 1. The highest BCUT2D eigenvalue weighted by molar-refractivity contribution is 5.66. The van der Waals surface area contributed by atoms with Gasteiger partial charge in [-0.2, -0.15) is 0 Å². The zero-order valence-corrected chi connectivity index (χ0v) is 14.2. The summed E-state index contributed by atoms with van der Waals surface area (Å²) in [7, 11) is 0. The molecule has 5 heteroatoms. The van der Waals surface area contributed by atoms with Crippen LogP contribution < -0.4 is 10.1 Å². The molecule has 130 valence electrons. The summed E-state index contributed by atoms with van der Waals surface area (Å²) in [6, 6.07) is 7.92. The summed E-state index contributed by atoms with van der Waals surface area (Å²) in [4.78, 5) is 11.2. The third kappa shape index (κ3) is 8.57. The van der Waals surface area contributed by atoms with Gasteiger partial charge in [-0.05, 0) is 32.3 Å². The lowest BCUT2D eigenvalue weighted by molar-refractivity contribution is -0.146. The normalized spacial score (nSPS) is 12.0. The molecule has 1 atom stereocenters. The first kappa shape index (κ1) is 19.5. The summed E-state index contributed by atoms with van der Waals surface area (Å²) in [5, 5.41) is 12.1. The average molecular weight is 323 g/mol. The average Bonchev–Trinajstić information content (AvgIpc) is 2.52. The molecule has 0 amide bonds. The molecule has 2 N–H and O–H groups in total. The minimum absolute atomic E-state index is 0.134. The van der Waals surface area contributed by atoms with Crippen molar-refractivity contribution in [3.63, 3.8) is 0 Å². The number of benzene rings is 1. The third-order valence-corrected chi connectivity index (χ3v) is 3.48. The fraction of sp³-hybridized carbons (Fsp3) is 0.611. The van der Waals surface area contributed by atoms with Crippen molar-refractivity contribution in [2.24, 2.45) is 0 Å². The van der Waals surface area contributed by atoms with Crippen molar-refractivity contribution in [1.29, 1.82) is 0 Å². The van der Waals surface area contributed by atoms with Gasteiger partial charge >= 0.3 is 5.97 Å². The van der Waals surface area contributed by atoms with E-state index in [4.69, 9.17) is 14.6 Å². The van der Waals surface area contributed by atoms with Gasteiger partial charge in [0.15, 0.2) is 0 Å². The minimum Gasteiger partial charge on any atom is -0.494 e. The molecule has 1 rings (SSSR count). The number of para-hydroxylation sites is 1. The van der Waals surface area contributed by atoms with E-state index >= 15 is 0 Å². The van der Waals surface area contributed by atoms with Gasteiger partial charge in [0.1, 0.15) is 11.9 Å². The lowest BCUT2D eigenvalue weighted by atomic mass is 10.1. The number of hydrogen-bond donors (Lipinski definition) is 2. The molecule has 0 radical (unpaired) electrons. The van der Waals surface area contributed by atoms with E-state index in [0.717, 1.165) is 37.0 Å². The first-order valence-electron chi connectivity index (χ1n) is 8.36. The summed E-state index contributed by atoms with van der Waals surface area (Å²) < 4.78 is 11.0. The van der Waals surface area contributed by atoms with Gasteiger partial charge < -0.3 is 19.9 Å². The molecule has 0 aromatic heterocycles. The molecule has 0 fully saturated rings. The number of ether oxygens (including phenoxy) is 2. The zero-order valence-electron chi connectivity index (χ0n) is 14.2. The molecule has 0 aliphatic rings. The van der Waals surface area contributed by atoms with Crippen LogP contribution in [0.5, 0.6) is 5.75 Å². The highest BCUT2D eigenvalue weighted by Gasteiger charge is 2.12. The quantitative estimate of drug-likeness (QED) is 0.457. The molecular formula is C18H29NO4. The molecule has 5 nitrogen and oxygen atoms in total. The Morgan fingerprint density at radius 1 is 1.26 bits per heavy atom. The monoisotopic (exact) mass is 323 g/mol. The van der Waals surface area contributed by atoms with Gasteiger partial charge in [0.05, 0.1) is 6.61 Å². The molecule has 1 aromatic carbocycles. The summed E-state index contributed by atoms with van der Waals surface area (Å²) in [5.74, 6) is 0.628. The fourth-order valence-corrected chi connectivity index (χ4v) is 2.41. The van der Waals surface area contributed by atoms with Gasteiger partial charge in [-0.25, -0.2) is 0 Å². The molecule has 0 aliphatic heterocycles. The van der Waals surface area contributed by atoms with E-state index in [1.54, 1.807) is 0 Å². The molecule has 23 heavy (non-hydrogen) atoms. The molecular weight excluding hydrogens is 294 g/mol. The summed E-state index contributed by atoms with van der Waals surface area (Å²) >= 11 is 0. The van der Waals surface area contributed by atoms with E-state index in [0.29, 0.717) is 19.7 Å². The Morgan fingerprint density at radius 3 is 2.74 bits per heavy atom. The number of aliphatic hydroxyl groups is 1. The second-order valence-corrected chi connectivity index (χ2v) is 5.48. The molecule has 0 spiro atoms. The molecule has 0 aliphatic carbocycles.